The molecule has 0 saturated carbocycles. The molecule has 0 atom stereocenters. The van der Waals surface area contributed by atoms with Gasteiger partial charge >= 0.3 is 0 Å². The summed E-state index contributed by atoms with van der Waals surface area (Å²) >= 11 is 1.48. The van der Waals surface area contributed by atoms with Gasteiger partial charge in [0.15, 0.2) is 11.5 Å². The third-order valence-corrected chi connectivity index (χ3v) is 9.23. The molecule has 8 nitrogen and oxygen atoms in total. The van der Waals surface area contributed by atoms with E-state index in [-0.39, 0.29) is 17.3 Å². The summed E-state index contributed by atoms with van der Waals surface area (Å²) in [7, 11) is -0.718. The van der Waals surface area contributed by atoms with Crippen LogP contribution in [0.15, 0.2) is 71.6 Å². The molecule has 1 saturated heterocycles. The van der Waals surface area contributed by atoms with Crippen molar-refractivity contribution >= 4 is 49.7 Å². The van der Waals surface area contributed by atoms with E-state index in [0.29, 0.717) is 28.6 Å². The first kappa shape index (κ1) is 29.1. The lowest BCUT2D eigenvalue weighted by Crippen LogP contribution is -2.47. The Morgan fingerprint density at radius 1 is 0.949 bits per heavy atom. The number of hydrogen-bond acceptors (Lipinski definition) is 8. The minimum atomic E-state index is -3.76. The van der Waals surface area contributed by atoms with Crippen LogP contribution in [0.2, 0.25) is 0 Å². The number of aromatic nitrogens is 1. The second kappa shape index (κ2) is 13.0. The smallest absolute Gasteiger partial charge is 0.240 e. The summed E-state index contributed by atoms with van der Waals surface area (Å²) in [6.45, 7) is 5.05. The summed E-state index contributed by atoms with van der Waals surface area (Å²) in [5, 5.41) is 0.674. The molecule has 4 aromatic rings. The van der Waals surface area contributed by atoms with E-state index in [0.717, 1.165) is 49.4 Å². The Labute approximate surface area is 240 Å². The van der Waals surface area contributed by atoms with Gasteiger partial charge in [0.25, 0.3) is 0 Å². The van der Waals surface area contributed by atoms with Crippen LogP contribution < -0.4 is 19.1 Å². The van der Waals surface area contributed by atoms with E-state index in [1.807, 2.05) is 30.3 Å². The second-order valence-electron chi connectivity index (χ2n) is 9.11. The highest BCUT2D eigenvalue weighted by Crippen LogP contribution is 2.42. The third kappa shape index (κ3) is 6.64. The van der Waals surface area contributed by atoms with E-state index in [1.165, 1.54) is 30.2 Å². The standard InChI is InChI=1S/C28H32N4O4S2.ClH/c1-35-25-20-22(19-23(27(25)36-2)28-30-24-11-6-7-12-26(24)37-28)38(33,34)29-13-8-14-31-15-17-32(18-16-31)21-9-4-3-5-10-21;/h3-7,9-12,19-20,29H,8,13-18H2,1-2H3;1H. The number of halogens is 1. The van der Waals surface area contributed by atoms with Crippen molar-refractivity contribution in [3.8, 4) is 22.1 Å². The van der Waals surface area contributed by atoms with Crippen LogP contribution in [0.1, 0.15) is 6.42 Å². The van der Waals surface area contributed by atoms with Gasteiger partial charge in [-0.05, 0) is 43.3 Å². The maximum absolute atomic E-state index is 13.3. The lowest BCUT2D eigenvalue weighted by molar-refractivity contribution is 0.255. The number of benzene rings is 3. The number of ether oxygens (including phenoxy) is 2. The summed E-state index contributed by atoms with van der Waals surface area (Å²) < 4.78 is 41.4. The van der Waals surface area contributed by atoms with Gasteiger partial charge < -0.3 is 14.4 Å². The molecule has 1 aromatic heterocycles. The number of rotatable bonds is 10. The highest BCUT2D eigenvalue weighted by molar-refractivity contribution is 7.89. The predicted octanol–water partition coefficient (Wildman–Crippen LogP) is 4.89. The molecule has 1 N–H and O–H groups in total. The van der Waals surface area contributed by atoms with Crippen molar-refractivity contribution in [3.63, 3.8) is 0 Å². The SMILES string of the molecule is COc1cc(S(=O)(=O)NCCCN2CCN(c3ccccc3)CC2)cc(-c2nc3ccccc3s2)c1OC.Cl. The third-order valence-electron chi connectivity index (χ3n) is 6.72. The van der Waals surface area contributed by atoms with Crippen LogP contribution in [0.4, 0.5) is 5.69 Å². The molecular formula is C28H33ClN4O4S2. The Morgan fingerprint density at radius 3 is 2.36 bits per heavy atom. The molecule has 39 heavy (non-hydrogen) atoms. The average Bonchev–Trinajstić information content (AvgIpc) is 3.39. The maximum Gasteiger partial charge on any atom is 0.240 e. The molecule has 0 bridgehead atoms. The maximum atomic E-state index is 13.3. The monoisotopic (exact) mass is 588 g/mol. The highest BCUT2D eigenvalue weighted by Gasteiger charge is 2.23. The number of thiazole rings is 1. The molecule has 0 amide bonds. The first-order chi connectivity index (χ1) is 18.5. The number of sulfonamides is 1. The number of piperazine rings is 1. The predicted molar refractivity (Wildman–Crippen MR) is 160 cm³/mol. The number of hydrogen-bond donors (Lipinski definition) is 1. The molecular weight excluding hydrogens is 556 g/mol. The molecule has 1 aliphatic rings. The van der Waals surface area contributed by atoms with E-state index < -0.39 is 10.0 Å². The van der Waals surface area contributed by atoms with Crippen molar-refractivity contribution in [2.24, 2.45) is 0 Å². The zero-order valence-electron chi connectivity index (χ0n) is 22.0. The molecule has 0 aliphatic carbocycles. The largest absolute Gasteiger partial charge is 0.493 e. The Kier molecular flexibility index (Phi) is 9.68. The van der Waals surface area contributed by atoms with Crippen molar-refractivity contribution < 1.29 is 17.9 Å². The minimum absolute atomic E-state index is 0. The average molecular weight is 589 g/mol. The van der Waals surface area contributed by atoms with Crippen molar-refractivity contribution in [1.29, 1.82) is 0 Å². The second-order valence-corrected chi connectivity index (χ2v) is 11.9. The molecule has 208 valence electrons. The van der Waals surface area contributed by atoms with Crippen molar-refractivity contribution in [3.05, 3.63) is 66.7 Å². The fourth-order valence-corrected chi connectivity index (χ4v) is 6.80. The molecule has 11 heteroatoms. The van der Waals surface area contributed by atoms with Gasteiger partial charge in [-0.15, -0.1) is 23.7 Å². The number of anilines is 1. The van der Waals surface area contributed by atoms with Gasteiger partial charge in [0.05, 0.1) is 34.9 Å². The van der Waals surface area contributed by atoms with Gasteiger partial charge in [-0.3, -0.25) is 4.90 Å². The van der Waals surface area contributed by atoms with Gasteiger partial charge in [-0.25, -0.2) is 18.1 Å². The molecule has 1 aliphatic heterocycles. The van der Waals surface area contributed by atoms with Crippen LogP contribution in [0.25, 0.3) is 20.8 Å². The van der Waals surface area contributed by atoms with Gasteiger partial charge in [0, 0.05) is 44.5 Å². The zero-order chi connectivity index (χ0) is 26.5. The first-order valence-electron chi connectivity index (χ1n) is 12.6. The molecule has 5 rings (SSSR count). The Hall–Kier alpha value is -2.89. The topological polar surface area (TPSA) is 84.0 Å². The number of fused-ring (bicyclic) bond motifs is 1. The quantitative estimate of drug-likeness (QED) is 0.264. The van der Waals surface area contributed by atoms with Gasteiger partial charge in [-0.2, -0.15) is 0 Å². The van der Waals surface area contributed by atoms with Crippen molar-refractivity contribution in [2.45, 2.75) is 11.3 Å². The molecule has 2 heterocycles. The first-order valence-corrected chi connectivity index (χ1v) is 14.9. The Bertz CT molecular complexity index is 1460. The molecule has 0 radical (unpaired) electrons. The normalized spacial score (nSPS) is 14.3. The van der Waals surface area contributed by atoms with Gasteiger partial charge in [0.1, 0.15) is 5.01 Å². The van der Waals surface area contributed by atoms with E-state index in [1.54, 1.807) is 13.2 Å². The molecule has 3 aromatic carbocycles. The molecule has 0 unspecified atom stereocenters. The zero-order valence-corrected chi connectivity index (χ0v) is 24.4. The van der Waals surface area contributed by atoms with E-state index >= 15 is 0 Å². The van der Waals surface area contributed by atoms with Crippen LogP contribution in [-0.4, -0.2) is 71.8 Å². The van der Waals surface area contributed by atoms with Crippen LogP contribution in [0.5, 0.6) is 11.5 Å². The number of nitrogens with zero attached hydrogens (tertiary/aromatic N) is 3. The van der Waals surface area contributed by atoms with Crippen LogP contribution in [-0.2, 0) is 10.0 Å². The summed E-state index contributed by atoms with van der Waals surface area (Å²) in [6.07, 6.45) is 0.725. The molecule has 0 spiro atoms. The lowest BCUT2D eigenvalue weighted by atomic mass is 10.2. The van der Waals surface area contributed by atoms with Gasteiger partial charge in [-0.1, -0.05) is 30.3 Å². The van der Waals surface area contributed by atoms with Crippen LogP contribution in [0.3, 0.4) is 0 Å². The van der Waals surface area contributed by atoms with E-state index in [9.17, 15) is 8.42 Å². The summed E-state index contributed by atoms with van der Waals surface area (Å²) in [6, 6.07) is 21.4. The number of methoxy groups -OCH3 is 2. The van der Waals surface area contributed by atoms with E-state index in [4.69, 9.17) is 14.5 Å². The Balaban J connectivity index is 0.00000353. The van der Waals surface area contributed by atoms with Crippen molar-refractivity contribution in [1.82, 2.24) is 14.6 Å². The van der Waals surface area contributed by atoms with Crippen LogP contribution in [0, 0.1) is 0 Å². The number of para-hydroxylation sites is 2. The minimum Gasteiger partial charge on any atom is -0.493 e. The van der Waals surface area contributed by atoms with E-state index in [2.05, 4.69) is 38.8 Å². The molecule has 1 fully saturated rings. The highest BCUT2D eigenvalue weighted by atomic mass is 35.5. The lowest BCUT2D eigenvalue weighted by Gasteiger charge is -2.36. The summed E-state index contributed by atoms with van der Waals surface area (Å²) in [5.41, 5.74) is 2.69. The van der Waals surface area contributed by atoms with Crippen molar-refractivity contribution in [2.75, 3.05) is 58.4 Å². The van der Waals surface area contributed by atoms with Crippen LogP contribution >= 0.6 is 23.7 Å². The summed E-state index contributed by atoms with van der Waals surface area (Å²) in [4.78, 5) is 9.60. The fourth-order valence-electron chi connectivity index (χ4n) is 4.70. The summed E-state index contributed by atoms with van der Waals surface area (Å²) in [5.74, 6) is 0.807. The van der Waals surface area contributed by atoms with Gasteiger partial charge in [0.2, 0.25) is 10.0 Å². The Morgan fingerprint density at radius 2 is 1.67 bits per heavy atom. The number of nitrogens with one attached hydrogen (secondary N) is 1. The fraction of sp³-hybridized carbons (Fsp3) is 0.321.